The van der Waals surface area contributed by atoms with Crippen LogP contribution in [-0.2, 0) is 6.42 Å². The lowest BCUT2D eigenvalue weighted by molar-refractivity contribution is 0.583. The Balaban J connectivity index is 2.29. The molecule has 0 fully saturated rings. The number of aryl methyl sites for hydroxylation is 1. The Bertz CT molecular complexity index is 398. The normalized spacial score (nSPS) is 16.8. The number of rotatable bonds is 4. The van der Waals surface area contributed by atoms with Crippen LogP contribution in [0.4, 0.5) is 5.69 Å². The number of hydrogen-bond acceptors (Lipinski definition) is 2. The third-order valence-corrected chi connectivity index (χ3v) is 3.78. The van der Waals surface area contributed by atoms with Crippen molar-refractivity contribution < 1.29 is 0 Å². The summed E-state index contributed by atoms with van der Waals surface area (Å²) >= 11 is 0. The van der Waals surface area contributed by atoms with E-state index in [-0.39, 0.29) is 6.04 Å². The van der Waals surface area contributed by atoms with Gasteiger partial charge >= 0.3 is 0 Å². The zero-order chi connectivity index (χ0) is 13.1. The molecule has 1 aromatic carbocycles. The van der Waals surface area contributed by atoms with Crippen LogP contribution in [0.2, 0.25) is 0 Å². The summed E-state index contributed by atoms with van der Waals surface area (Å²) in [6.07, 6.45) is 3.49. The molecule has 0 aliphatic carbocycles. The van der Waals surface area contributed by atoms with E-state index in [9.17, 15) is 0 Å². The predicted octanol–water partition coefficient (Wildman–Crippen LogP) is 3.51. The topological polar surface area (TPSA) is 29.3 Å². The Morgan fingerprint density at radius 2 is 2.11 bits per heavy atom. The molecule has 0 saturated carbocycles. The fourth-order valence-corrected chi connectivity index (χ4v) is 2.76. The fraction of sp³-hybridized carbons (Fsp3) is 0.625. The summed E-state index contributed by atoms with van der Waals surface area (Å²) in [6.45, 7) is 9.07. The molecule has 1 unspecified atom stereocenters. The highest BCUT2D eigenvalue weighted by Gasteiger charge is 2.18. The van der Waals surface area contributed by atoms with Crippen LogP contribution >= 0.6 is 0 Å². The summed E-state index contributed by atoms with van der Waals surface area (Å²) in [5.41, 5.74) is 10.4. The van der Waals surface area contributed by atoms with Gasteiger partial charge in [0, 0.05) is 24.8 Å². The predicted molar refractivity (Wildman–Crippen MR) is 79.0 cm³/mol. The Morgan fingerprint density at radius 3 is 2.78 bits per heavy atom. The Labute approximate surface area is 111 Å². The third kappa shape index (κ3) is 2.86. The molecule has 2 rings (SSSR count). The molecule has 1 aromatic rings. The molecule has 2 heteroatoms. The molecule has 2 nitrogen and oxygen atoms in total. The molecule has 1 aliphatic heterocycles. The second-order valence-electron chi connectivity index (χ2n) is 5.85. The van der Waals surface area contributed by atoms with Gasteiger partial charge in [-0.15, -0.1) is 0 Å². The minimum atomic E-state index is 0.179. The number of benzene rings is 1. The Morgan fingerprint density at radius 1 is 1.33 bits per heavy atom. The second kappa shape index (κ2) is 5.75. The summed E-state index contributed by atoms with van der Waals surface area (Å²) in [5, 5.41) is 0. The van der Waals surface area contributed by atoms with Gasteiger partial charge in [0.15, 0.2) is 0 Å². The van der Waals surface area contributed by atoms with E-state index in [0.717, 1.165) is 13.0 Å². The van der Waals surface area contributed by atoms with Crippen LogP contribution < -0.4 is 10.6 Å². The van der Waals surface area contributed by atoms with Crippen LogP contribution in [0.5, 0.6) is 0 Å². The Kier molecular flexibility index (Phi) is 4.28. The lowest BCUT2D eigenvalue weighted by Crippen LogP contribution is -2.32. The van der Waals surface area contributed by atoms with Crippen LogP contribution in [-0.4, -0.2) is 13.1 Å². The van der Waals surface area contributed by atoms with E-state index in [2.05, 4.69) is 43.9 Å². The molecule has 18 heavy (non-hydrogen) atoms. The second-order valence-corrected chi connectivity index (χ2v) is 5.85. The van der Waals surface area contributed by atoms with E-state index in [1.54, 1.807) is 0 Å². The molecule has 100 valence electrons. The van der Waals surface area contributed by atoms with Crippen molar-refractivity contribution in [3.8, 4) is 0 Å². The molecule has 0 spiro atoms. The van der Waals surface area contributed by atoms with Crippen LogP contribution in [0.25, 0.3) is 0 Å². The lowest BCUT2D eigenvalue weighted by atomic mass is 9.96. The maximum atomic E-state index is 6.16. The highest BCUT2D eigenvalue weighted by Crippen LogP contribution is 2.30. The molecule has 1 heterocycles. The third-order valence-electron chi connectivity index (χ3n) is 3.78. The van der Waals surface area contributed by atoms with Crippen LogP contribution in [0.3, 0.4) is 0 Å². The monoisotopic (exact) mass is 246 g/mol. The summed E-state index contributed by atoms with van der Waals surface area (Å²) in [4.78, 5) is 2.54. The molecule has 0 bridgehead atoms. The van der Waals surface area contributed by atoms with Crippen LogP contribution in [0.15, 0.2) is 18.2 Å². The number of fused-ring (bicyclic) bond motifs is 1. The maximum Gasteiger partial charge on any atom is 0.0402 e. The van der Waals surface area contributed by atoms with E-state index in [4.69, 9.17) is 5.73 Å². The smallest absolute Gasteiger partial charge is 0.0402 e. The van der Waals surface area contributed by atoms with Crippen molar-refractivity contribution in [1.82, 2.24) is 0 Å². The average Bonchev–Trinajstić information content (AvgIpc) is 2.37. The molecule has 1 atom stereocenters. The van der Waals surface area contributed by atoms with E-state index < -0.39 is 0 Å². The van der Waals surface area contributed by atoms with Gasteiger partial charge in [-0.3, -0.25) is 0 Å². The zero-order valence-corrected chi connectivity index (χ0v) is 11.9. The van der Waals surface area contributed by atoms with Gasteiger partial charge < -0.3 is 10.6 Å². The van der Waals surface area contributed by atoms with Crippen molar-refractivity contribution in [2.45, 2.75) is 46.1 Å². The van der Waals surface area contributed by atoms with Gasteiger partial charge in [0.2, 0.25) is 0 Å². The average molecular weight is 246 g/mol. The van der Waals surface area contributed by atoms with Gasteiger partial charge in [-0.25, -0.2) is 0 Å². The standard InChI is InChI=1S/C16H26N2/c1-4-15(17)14-8-7-13-6-5-9-18(11-12(2)3)16(13)10-14/h7-8,10,12,15H,4-6,9,11,17H2,1-3H3. The molecular formula is C16H26N2. The van der Waals surface area contributed by atoms with E-state index in [1.165, 1.54) is 36.2 Å². The van der Waals surface area contributed by atoms with Gasteiger partial charge in [0.25, 0.3) is 0 Å². The molecular weight excluding hydrogens is 220 g/mol. The largest absolute Gasteiger partial charge is 0.371 e. The summed E-state index contributed by atoms with van der Waals surface area (Å²) in [7, 11) is 0. The van der Waals surface area contributed by atoms with E-state index in [1.807, 2.05) is 0 Å². The number of nitrogens with two attached hydrogens (primary N) is 1. The van der Waals surface area contributed by atoms with E-state index >= 15 is 0 Å². The minimum absolute atomic E-state index is 0.179. The zero-order valence-electron chi connectivity index (χ0n) is 11.9. The van der Waals surface area contributed by atoms with Crippen molar-refractivity contribution >= 4 is 5.69 Å². The molecule has 1 aliphatic rings. The van der Waals surface area contributed by atoms with Crippen LogP contribution in [0.1, 0.15) is 50.8 Å². The van der Waals surface area contributed by atoms with Crippen molar-refractivity contribution in [3.63, 3.8) is 0 Å². The highest BCUT2D eigenvalue weighted by molar-refractivity contribution is 5.57. The maximum absolute atomic E-state index is 6.16. The SMILES string of the molecule is CCC(N)c1ccc2c(c1)N(CC(C)C)CCC2. The summed E-state index contributed by atoms with van der Waals surface area (Å²) in [6, 6.07) is 7.00. The van der Waals surface area contributed by atoms with Gasteiger partial charge in [0.1, 0.15) is 0 Å². The first-order valence-electron chi connectivity index (χ1n) is 7.25. The Hall–Kier alpha value is -1.02. The van der Waals surface area contributed by atoms with Gasteiger partial charge in [-0.1, -0.05) is 32.9 Å². The van der Waals surface area contributed by atoms with Crippen molar-refractivity contribution in [2.75, 3.05) is 18.0 Å². The first-order chi connectivity index (χ1) is 8.61. The number of hydrogen-bond donors (Lipinski definition) is 1. The first kappa shape index (κ1) is 13.4. The van der Waals surface area contributed by atoms with Gasteiger partial charge in [0.05, 0.1) is 0 Å². The van der Waals surface area contributed by atoms with Crippen molar-refractivity contribution in [1.29, 1.82) is 0 Å². The molecule has 0 amide bonds. The quantitative estimate of drug-likeness (QED) is 0.881. The van der Waals surface area contributed by atoms with E-state index in [0.29, 0.717) is 5.92 Å². The highest BCUT2D eigenvalue weighted by atomic mass is 15.1. The van der Waals surface area contributed by atoms with Gasteiger partial charge in [-0.2, -0.15) is 0 Å². The number of nitrogens with zero attached hydrogens (tertiary/aromatic N) is 1. The first-order valence-corrected chi connectivity index (χ1v) is 7.25. The minimum Gasteiger partial charge on any atom is -0.371 e. The summed E-state index contributed by atoms with van der Waals surface area (Å²) < 4.78 is 0. The van der Waals surface area contributed by atoms with Gasteiger partial charge in [-0.05, 0) is 42.4 Å². The number of anilines is 1. The molecule has 0 saturated heterocycles. The van der Waals surface area contributed by atoms with Crippen molar-refractivity contribution in [2.24, 2.45) is 11.7 Å². The molecule has 2 N–H and O–H groups in total. The van der Waals surface area contributed by atoms with Crippen LogP contribution in [0, 0.1) is 5.92 Å². The van der Waals surface area contributed by atoms with Crippen molar-refractivity contribution in [3.05, 3.63) is 29.3 Å². The fourth-order valence-electron chi connectivity index (χ4n) is 2.76. The molecule has 0 radical (unpaired) electrons. The molecule has 0 aromatic heterocycles. The lowest BCUT2D eigenvalue weighted by Gasteiger charge is -2.33. The summed E-state index contributed by atoms with van der Waals surface area (Å²) in [5.74, 6) is 0.708.